The molecule has 1 saturated heterocycles. The Kier molecular flexibility index (Phi) is 3.48. The Labute approximate surface area is 130 Å². The highest BCUT2D eigenvalue weighted by Crippen LogP contribution is 2.29. The van der Waals surface area contributed by atoms with Crippen LogP contribution in [0.25, 0.3) is 0 Å². The predicted molar refractivity (Wildman–Crippen MR) is 77.0 cm³/mol. The third kappa shape index (κ3) is 2.50. The molecule has 1 aliphatic rings. The Morgan fingerprint density at radius 2 is 1.96 bits per heavy atom. The smallest absolute Gasteiger partial charge is 0.325 e. The third-order valence-corrected chi connectivity index (χ3v) is 3.76. The number of halogens is 1. The number of Topliss-reactive ketones (excluding diaryl/α,β-unsaturated/α-hetero) is 1. The molecule has 1 aromatic carbocycles. The molecule has 1 aromatic heterocycles. The first-order valence-electron chi connectivity index (χ1n) is 6.88. The van der Waals surface area contributed by atoms with E-state index in [9.17, 15) is 18.8 Å². The molecule has 0 saturated carbocycles. The van der Waals surface area contributed by atoms with E-state index >= 15 is 0 Å². The number of amides is 3. The van der Waals surface area contributed by atoms with Crippen LogP contribution in [0.3, 0.4) is 0 Å². The first-order chi connectivity index (χ1) is 10.9. The van der Waals surface area contributed by atoms with Crippen LogP contribution in [0.1, 0.15) is 23.0 Å². The van der Waals surface area contributed by atoms with E-state index in [1.165, 1.54) is 25.3 Å². The highest BCUT2D eigenvalue weighted by molar-refractivity contribution is 6.11. The van der Waals surface area contributed by atoms with E-state index in [1.807, 2.05) is 0 Å². The predicted octanol–water partition coefficient (Wildman–Crippen LogP) is 2.07. The quantitative estimate of drug-likeness (QED) is 0.692. The van der Waals surface area contributed by atoms with Crippen LogP contribution >= 0.6 is 0 Å². The summed E-state index contributed by atoms with van der Waals surface area (Å²) in [6, 6.07) is 7.40. The van der Waals surface area contributed by atoms with Gasteiger partial charge in [0.15, 0.2) is 11.3 Å². The van der Waals surface area contributed by atoms with Crippen LogP contribution in [-0.4, -0.2) is 29.2 Å². The number of ketones is 1. The van der Waals surface area contributed by atoms with Crippen molar-refractivity contribution in [2.45, 2.75) is 12.5 Å². The Morgan fingerprint density at radius 3 is 2.57 bits per heavy atom. The second-order valence-electron chi connectivity index (χ2n) is 5.35. The lowest BCUT2D eigenvalue weighted by atomic mass is 9.99. The molecule has 1 fully saturated rings. The van der Waals surface area contributed by atoms with Gasteiger partial charge in [-0.25, -0.2) is 9.18 Å². The maximum Gasteiger partial charge on any atom is 0.325 e. The van der Waals surface area contributed by atoms with Gasteiger partial charge in [0.25, 0.3) is 5.91 Å². The SMILES string of the molecule is C[C@]1(c2ccco2)NC(=O)N(CC(=O)c2ccc(F)cc2)C1=O. The lowest BCUT2D eigenvalue weighted by Crippen LogP contribution is -2.41. The number of hydrogen-bond donors (Lipinski definition) is 1. The van der Waals surface area contributed by atoms with Gasteiger partial charge < -0.3 is 9.73 Å². The Balaban J connectivity index is 1.81. The van der Waals surface area contributed by atoms with Gasteiger partial charge in [0.2, 0.25) is 0 Å². The molecule has 23 heavy (non-hydrogen) atoms. The van der Waals surface area contributed by atoms with E-state index < -0.39 is 35.6 Å². The molecule has 2 aromatic rings. The van der Waals surface area contributed by atoms with E-state index in [0.717, 1.165) is 17.0 Å². The molecule has 7 heteroatoms. The van der Waals surface area contributed by atoms with Crippen molar-refractivity contribution in [1.29, 1.82) is 0 Å². The average molecular weight is 316 g/mol. The van der Waals surface area contributed by atoms with E-state index in [-0.39, 0.29) is 11.3 Å². The van der Waals surface area contributed by atoms with Crippen molar-refractivity contribution in [2.75, 3.05) is 6.54 Å². The topological polar surface area (TPSA) is 79.6 Å². The Bertz CT molecular complexity index is 770. The fourth-order valence-corrected chi connectivity index (χ4v) is 2.44. The lowest BCUT2D eigenvalue weighted by Gasteiger charge is -2.18. The maximum atomic E-state index is 12.9. The van der Waals surface area contributed by atoms with Gasteiger partial charge in [0, 0.05) is 5.56 Å². The highest BCUT2D eigenvalue weighted by Gasteiger charge is 2.51. The second-order valence-corrected chi connectivity index (χ2v) is 5.35. The summed E-state index contributed by atoms with van der Waals surface area (Å²) in [6.45, 7) is 1.08. The van der Waals surface area contributed by atoms with Crippen LogP contribution < -0.4 is 5.32 Å². The van der Waals surface area contributed by atoms with E-state index in [1.54, 1.807) is 12.1 Å². The Morgan fingerprint density at radius 1 is 1.26 bits per heavy atom. The van der Waals surface area contributed by atoms with E-state index in [2.05, 4.69) is 5.32 Å². The third-order valence-electron chi connectivity index (χ3n) is 3.76. The zero-order valence-corrected chi connectivity index (χ0v) is 12.2. The summed E-state index contributed by atoms with van der Waals surface area (Å²) in [5.41, 5.74) is -1.12. The average Bonchev–Trinajstić information content (AvgIpc) is 3.12. The van der Waals surface area contributed by atoms with Crippen LogP contribution in [0.15, 0.2) is 47.1 Å². The largest absolute Gasteiger partial charge is 0.466 e. The first kappa shape index (κ1) is 15.0. The molecule has 1 atom stereocenters. The van der Waals surface area contributed by atoms with Crippen molar-refractivity contribution in [3.8, 4) is 0 Å². The van der Waals surface area contributed by atoms with Crippen molar-refractivity contribution >= 4 is 17.7 Å². The number of nitrogens with zero attached hydrogens (tertiary/aromatic N) is 1. The molecule has 0 spiro atoms. The van der Waals surface area contributed by atoms with Crippen molar-refractivity contribution in [2.24, 2.45) is 0 Å². The molecule has 1 aliphatic heterocycles. The van der Waals surface area contributed by atoms with Crippen LogP contribution in [0.2, 0.25) is 0 Å². The molecule has 6 nitrogen and oxygen atoms in total. The summed E-state index contributed by atoms with van der Waals surface area (Å²) in [7, 11) is 0. The first-order valence-corrected chi connectivity index (χ1v) is 6.88. The summed E-state index contributed by atoms with van der Waals surface area (Å²) in [5, 5.41) is 2.53. The number of carbonyl (C=O) groups excluding carboxylic acids is 3. The standard InChI is InChI=1S/C16H13FN2O4/c1-16(13-3-2-8-23-13)14(21)19(15(22)18-16)9-12(20)10-4-6-11(17)7-5-10/h2-8H,9H2,1H3,(H,18,22)/t16-/m1/s1. The summed E-state index contributed by atoms with van der Waals surface area (Å²) >= 11 is 0. The van der Waals surface area contributed by atoms with Crippen molar-refractivity contribution in [1.82, 2.24) is 10.2 Å². The number of furan rings is 1. The molecule has 3 rings (SSSR count). The maximum absolute atomic E-state index is 12.9. The van der Waals surface area contributed by atoms with Gasteiger partial charge in [0.1, 0.15) is 11.6 Å². The molecule has 3 amide bonds. The molecule has 2 heterocycles. The van der Waals surface area contributed by atoms with Crippen LogP contribution in [0, 0.1) is 5.82 Å². The normalized spacial score (nSPS) is 20.7. The zero-order chi connectivity index (χ0) is 16.6. The highest BCUT2D eigenvalue weighted by atomic mass is 19.1. The zero-order valence-electron chi connectivity index (χ0n) is 12.2. The monoisotopic (exact) mass is 316 g/mol. The molecule has 1 N–H and O–H groups in total. The van der Waals surface area contributed by atoms with Gasteiger partial charge in [-0.1, -0.05) is 0 Å². The fraction of sp³-hybridized carbons (Fsp3) is 0.188. The molecular formula is C16H13FN2O4. The van der Waals surface area contributed by atoms with Crippen LogP contribution in [-0.2, 0) is 10.3 Å². The van der Waals surface area contributed by atoms with E-state index in [0.29, 0.717) is 0 Å². The van der Waals surface area contributed by atoms with Crippen molar-refractivity contribution in [3.05, 3.63) is 59.8 Å². The second kappa shape index (κ2) is 5.35. The summed E-state index contributed by atoms with van der Waals surface area (Å²) < 4.78 is 18.1. The van der Waals surface area contributed by atoms with Gasteiger partial charge >= 0.3 is 6.03 Å². The van der Waals surface area contributed by atoms with E-state index in [4.69, 9.17) is 4.42 Å². The number of imide groups is 1. The minimum Gasteiger partial charge on any atom is -0.466 e. The number of nitrogens with one attached hydrogen (secondary N) is 1. The van der Waals surface area contributed by atoms with Gasteiger partial charge in [-0.2, -0.15) is 0 Å². The number of hydrogen-bond acceptors (Lipinski definition) is 4. The molecular weight excluding hydrogens is 303 g/mol. The molecule has 118 valence electrons. The molecule has 0 radical (unpaired) electrons. The Hall–Kier alpha value is -2.96. The van der Waals surface area contributed by atoms with Gasteiger partial charge in [0.05, 0.1) is 12.8 Å². The summed E-state index contributed by atoms with van der Waals surface area (Å²) in [6.07, 6.45) is 1.40. The van der Waals surface area contributed by atoms with Gasteiger partial charge in [-0.15, -0.1) is 0 Å². The van der Waals surface area contributed by atoms with Crippen LogP contribution in [0.4, 0.5) is 9.18 Å². The molecule has 0 bridgehead atoms. The number of urea groups is 1. The van der Waals surface area contributed by atoms with Crippen molar-refractivity contribution < 1.29 is 23.2 Å². The minimum atomic E-state index is -1.34. The number of rotatable bonds is 4. The summed E-state index contributed by atoms with van der Waals surface area (Å²) in [4.78, 5) is 37.6. The summed E-state index contributed by atoms with van der Waals surface area (Å²) in [5.74, 6) is -1.22. The lowest BCUT2D eigenvalue weighted by molar-refractivity contribution is -0.131. The molecule has 0 aliphatic carbocycles. The van der Waals surface area contributed by atoms with Gasteiger partial charge in [-0.3, -0.25) is 14.5 Å². The fourth-order valence-electron chi connectivity index (χ4n) is 2.44. The minimum absolute atomic E-state index is 0.221. The van der Waals surface area contributed by atoms with Gasteiger partial charge in [-0.05, 0) is 43.3 Å². The number of benzene rings is 1. The van der Waals surface area contributed by atoms with Crippen LogP contribution in [0.5, 0.6) is 0 Å². The molecule has 0 unspecified atom stereocenters. The van der Waals surface area contributed by atoms with Crippen molar-refractivity contribution in [3.63, 3.8) is 0 Å². The number of carbonyl (C=O) groups is 3.